The Bertz CT molecular complexity index is 941. The molecule has 0 saturated heterocycles. The highest BCUT2D eigenvalue weighted by atomic mass is 32.1. The molecule has 0 amide bonds. The second-order valence-electron chi connectivity index (χ2n) is 5.36. The average molecular weight is 320 g/mol. The maximum Gasteiger partial charge on any atom is 0.123 e. The molecule has 4 rings (SSSR count). The van der Waals surface area contributed by atoms with E-state index in [4.69, 9.17) is 0 Å². The lowest BCUT2D eigenvalue weighted by molar-refractivity contribution is 0.819. The van der Waals surface area contributed by atoms with Gasteiger partial charge in [0.25, 0.3) is 0 Å². The molecule has 2 aromatic carbocycles. The highest BCUT2D eigenvalue weighted by molar-refractivity contribution is 7.13. The average Bonchev–Trinajstić information content (AvgIpc) is 3.25. The van der Waals surface area contributed by atoms with Crippen molar-refractivity contribution >= 4 is 22.4 Å². The van der Waals surface area contributed by atoms with Gasteiger partial charge in [-0.25, -0.2) is 9.97 Å². The predicted octanol–water partition coefficient (Wildman–Crippen LogP) is 3.87. The van der Waals surface area contributed by atoms with Gasteiger partial charge in [-0.3, -0.25) is 4.57 Å². The molecular formula is C18H16N4S. The zero-order chi connectivity index (χ0) is 15.6. The number of hydrogen-bond acceptors (Lipinski definition) is 4. The summed E-state index contributed by atoms with van der Waals surface area (Å²) in [5.74, 6) is 0. The molecule has 0 radical (unpaired) electrons. The molecule has 0 atom stereocenters. The molecule has 5 heteroatoms. The molecule has 2 heterocycles. The molecule has 0 saturated carbocycles. The smallest absolute Gasteiger partial charge is 0.123 e. The first-order valence-electron chi connectivity index (χ1n) is 7.46. The number of benzene rings is 2. The van der Waals surface area contributed by atoms with Gasteiger partial charge in [0.15, 0.2) is 0 Å². The lowest BCUT2D eigenvalue weighted by Gasteiger charge is -2.07. The molecule has 114 valence electrons. The maximum atomic E-state index is 4.55. The van der Waals surface area contributed by atoms with Crippen LogP contribution in [0.3, 0.4) is 0 Å². The fourth-order valence-corrected chi connectivity index (χ4v) is 3.37. The van der Waals surface area contributed by atoms with Gasteiger partial charge in [0.2, 0.25) is 0 Å². The minimum absolute atomic E-state index is 0.850. The van der Waals surface area contributed by atoms with Crippen molar-refractivity contribution in [3.63, 3.8) is 0 Å². The summed E-state index contributed by atoms with van der Waals surface area (Å²) >= 11 is 1.65. The summed E-state index contributed by atoms with van der Waals surface area (Å²) in [6.45, 7) is 0.850. The zero-order valence-electron chi connectivity index (χ0n) is 12.7. The van der Waals surface area contributed by atoms with Crippen LogP contribution in [0, 0.1) is 0 Å². The Kier molecular flexibility index (Phi) is 3.65. The predicted molar refractivity (Wildman–Crippen MR) is 94.9 cm³/mol. The number of thiazole rings is 1. The van der Waals surface area contributed by atoms with Gasteiger partial charge in [0.05, 0.1) is 11.0 Å². The normalized spacial score (nSPS) is 11.2. The van der Waals surface area contributed by atoms with Crippen LogP contribution in [0.25, 0.3) is 27.3 Å². The third-order valence-electron chi connectivity index (χ3n) is 3.80. The molecule has 0 aliphatic carbocycles. The Balaban J connectivity index is 1.79. The second-order valence-corrected chi connectivity index (χ2v) is 6.25. The Morgan fingerprint density at radius 1 is 1.13 bits per heavy atom. The minimum Gasteiger partial charge on any atom is -0.316 e. The van der Waals surface area contributed by atoms with E-state index in [9.17, 15) is 0 Å². The van der Waals surface area contributed by atoms with Gasteiger partial charge in [-0.2, -0.15) is 0 Å². The molecule has 0 fully saturated rings. The van der Waals surface area contributed by atoms with Crippen molar-refractivity contribution in [3.05, 3.63) is 65.9 Å². The van der Waals surface area contributed by atoms with Crippen LogP contribution in [0.1, 0.15) is 5.56 Å². The van der Waals surface area contributed by atoms with E-state index in [2.05, 4.69) is 62.3 Å². The van der Waals surface area contributed by atoms with Crippen LogP contribution in [0.5, 0.6) is 0 Å². The number of imidazole rings is 1. The van der Waals surface area contributed by atoms with E-state index in [0.717, 1.165) is 33.8 Å². The Morgan fingerprint density at radius 2 is 2.09 bits per heavy atom. The second kappa shape index (κ2) is 5.95. The molecule has 1 N–H and O–H groups in total. The molecule has 0 aliphatic rings. The number of nitrogens with one attached hydrogen (secondary N) is 1. The van der Waals surface area contributed by atoms with E-state index in [1.807, 2.05) is 25.0 Å². The van der Waals surface area contributed by atoms with Gasteiger partial charge in [0, 0.05) is 29.4 Å². The van der Waals surface area contributed by atoms with Gasteiger partial charge >= 0.3 is 0 Å². The molecule has 2 aromatic heterocycles. The lowest BCUT2D eigenvalue weighted by Crippen LogP contribution is -2.04. The first-order chi connectivity index (χ1) is 11.3. The monoisotopic (exact) mass is 320 g/mol. The standard InChI is InChI=1S/C18H16N4S/c1-19-11-13-5-6-17-16(9-13)21-12-22(17)15-4-2-3-14(10-15)18-20-7-8-23-18/h2-10,12,19H,11H2,1H3. The van der Waals surface area contributed by atoms with Crippen LogP contribution in [0.2, 0.25) is 0 Å². The number of hydrogen-bond donors (Lipinski definition) is 1. The highest BCUT2D eigenvalue weighted by Crippen LogP contribution is 2.26. The van der Waals surface area contributed by atoms with E-state index in [-0.39, 0.29) is 0 Å². The highest BCUT2D eigenvalue weighted by Gasteiger charge is 2.07. The van der Waals surface area contributed by atoms with Crippen LogP contribution in [-0.4, -0.2) is 21.6 Å². The van der Waals surface area contributed by atoms with E-state index in [1.165, 1.54) is 5.56 Å². The number of fused-ring (bicyclic) bond motifs is 1. The van der Waals surface area contributed by atoms with Gasteiger partial charge in [-0.05, 0) is 36.9 Å². The third-order valence-corrected chi connectivity index (χ3v) is 4.62. The number of nitrogens with zero attached hydrogens (tertiary/aromatic N) is 3. The maximum absolute atomic E-state index is 4.55. The topological polar surface area (TPSA) is 42.7 Å². The van der Waals surface area contributed by atoms with Crippen molar-refractivity contribution in [1.29, 1.82) is 0 Å². The van der Waals surface area contributed by atoms with Crippen molar-refractivity contribution < 1.29 is 0 Å². The Morgan fingerprint density at radius 3 is 2.91 bits per heavy atom. The van der Waals surface area contributed by atoms with E-state index in [1.54, 1.807) is 11.3 Å². The summed E-state index contributed by atoms with van der Waals surface area (Å²) in [6.07, 6.45) is 3.72. The van der Waals surface area contributed by atoms with E-state index in [0.29, 0.717) is 0 Å². The fourth-order valence-electron chi connectivity index (χ4n) is 2.73. The van der Waals surface area contributed by atoms with Crippen LogP contribution in [-0.2, 0) is 6.54 Å². The lowest BCUT2D eigenvalue weighted by atomic mass is 10.2. The van der Waals surface area contributed by atoms with E-state index < -0.39 is 0 Å². The SMILES string of the molecule is CNCc1ccc2c(c1)ncn2-c1cccc(-c2nccs2)c1. The summed E-state index contributed by atoms with van der Waals surface area (Å²) in [5.41, 5.74) is 5.59. The summed E-state index contributed by atoms with van der Waals surface area (Å²) in [4.78, 5) is 8.94. The van der Waals surface area contributed by atoms with Crippen molar-refractivity contribution in [3.8, 4) is 16.3 Å². The number of aromatic nitrogens is 3. The zero-order valence-corrected chi connectivity index (χ0v) is 13.5. The fraction of sp³-hybridized carbons (Fsp3) is 0.111. The summed E-state index contributed by atoms with van der Waals surface area (Å²) < 4.78 is 2.12. The minimum atomic E-state index is 0.850. The number of rotatable bonds is 4. The van der Waals surface area contributed by atoms with Crippen LogP contribution >= 0.6 is 11.3 Å². The first-order valence-corrected chi connectivity index (χ1v) is 8.34. The van der Waals surface area contributed by atoms with Crippen LogP contribution in [0.4, 0.5) is 0 Å². The van der Waals surface area contributed by atoms with Gasteiger partial charge < -0.3 is 5.32 Å². The van der Waals surface area contributed by atoms with E-state index >= 15 is 0 Å². The quantitative estimate of drug-likeness (QED) is 0.621. The molecule has 0 unspecified atom stereocenters. The van der Waals surface area contributed by atoms with Gasteiger partial charge in [-0.1, -0.05) is 18.2 Å². The Hall–Kier alpha value is -2.50. The summed E-state index contributed by atoms with van der Waals surface area (Å²) in [5, 5.41) is 6.20. The van der Waals surface area contributed by atoms with Crippen LogP contribution in [0.15, 0.2) is 60.4 Å². The van der Waals surface area contributed by atoms with Crippen LogP contribution < -0.4 is 5.32 Å². The molecule has 23 heavy (non-hydrogen) atoms. The van der Waals surface area contributed by atoms with Crippen molar-refractivity contribution in [2.45, 2.75) is 6.54 Å². The van der Waals surface area contributed by atoms with Crippen molar-refractivity contribution in [2.75, 3.05) is 7.05 Å². The first kappa shape index (κ1) is 14.1. The molecule has 0 spiro atoms. The largest absolute Gasteiger partial charge is 0.316 e. The van der Waals surface area contributed by atoms with Crippen molar-refractivity contribution in [2.24, 2.45) is 0 Å². The van der Waals surface area contributed by atoms with Gasteiger partial charge in [0.1, 0.15) is 11.3 Å². The van der Waals surface area contributed by atoms with Crippen molar-refractivity contribution in [1.82, 2.24) is 19.9 Å². The van der Waals surface area contributed by atoms with Gasteiger partial charge in [-0.15, -0.1) is 11.3 Å². The molecule has 0 bridgehead atoms. The third kappa shape index (κ3) is 2.65. The summed E-state index contributed by atoms with van der Waals surface area (Å²) in [7, 11) is 1.95. The molecular weight excluding hydrogens is 304 g/mol. The molecule has 0 aliphatic heterocycles. The summed E-state index contributed by atoms with van der Waals surface area (Å²) in [6, 6.07) is 14.8. The molecule has 4 aromatic rings. The Labute approximate surface area is 138 Å². The molecule has 4 nitrogen and oxygen atoms in total.